The molecule has 0 saturated carbocycles. The number of anilines is 1. The molecule has 0 aliphatic carbocycles. The monoisotopic (exact) mass is 500 g/mol. The molecule has 0 spiro atoms. The summed E-state index contributed by atoms with van der Waals surface area (Å²) in [5.74, 6) is -2.15. The van der Waals surface area contributed by atoms with E-state index in [-0.39, 0.29) is 34.7 Å². The third-order valence-electron chi connectivity index (χ3n) is 4.51. The predicted octanol–water partition coefficient (Wildman–Crippen LogP) is 2.68. The van der Waals surface area contributed by atoms with Gasteiger partial charge in [0.15, 0.2) is 17.5 Å². The van der Waals surface area contributed by atoms with Crippen LogP contribution in [0.1, 0.15) is 45.3 Å². The zero-order valence-electron chi connectivity index (χ0n) is 19.6. The fraction of sp³-hybridized carbons (Fsp3) is 0.304. The predicted molar refractivity (Wildman–Crippen MR) is 127 cm³/mol. The highest BCUT2D eigenvalue weighted by molar-refractivity contribution is 7.17. The number of thiazole rings is 1. The van der Waals surface area contributed by atoms with Crippen LogP contribution < -0.4 is 15.6 Å². The lowest BCUT2D eigenvalue weighted by Crippen LogP contribution is -2.27. The van der Waals surface area contributed by atoms with Crippen LogP contribution in [0.25, 0.3) is 5.69 Å². The Kier molecular flexibility index (Phi) is 8.31. The number of aromatic nitrogens is 3. The van der Waals surface area contributed by atoms with Gasteiger partial charge in [-0.2, -0.15) is 9.78 Å². The van der Waals surface area contributed by atoms with E-state index in [4.69, 9.17) is 14.2 Å². The molecule has 0 saturated heterocycles. The molecule has 12 heteroatoms. The van der Waals surface area contributed by atoms with Crippen LogP contribution in [0, 0.1) is 13.8 Å². The highest BCUT2D eigenvalue weighted by Crippen LogP contribution is 2.23. The Labute approximate surface area is 204 Å². The van der Waals surface area contributed by atoms with Gasteiger partial charge in [0.2, 0.25) is 5.69 Å². The summed E-state index contributed by atoms with van der Waals surface area (Å²) in [6.07, 6.45) is 0. The van der Waals surface area contributed by atoms with Crippen LogP contribution in [0.15, 0.2) is 35.1 Å². The van der Waals surface area contributed by atoms with Crippen molar-refractivity contribution in [3.05, 3.63) is 62.5 Å². The number of hydrogen-bond donors (Lipinski definition) is 1. The van der Waals surface area contributed by atoms with E-state index in [0.717, 1.165) is 27.6 Å². The Morgan fingerprint density at radius 2 is 1.69 bits per heavy atom. The molecule has 0 fully saturated rings. The van der Waals surface area contributed by atoms with Crippen molar-refractivity contribution in [1.29, 1.82) is 0 Å². The Morgan fingerprint density at radius 3 is 2.34 bits per heavy atom. The van der Waals surface area contributed by atoms with E-state index in [0.29, 0.717) is 11.4 Å². The quantitative estimate of drug-likeness (QED) is 0.439. The van der Waals surface area contributed by atoms with E-state index in [1.807, 2.05) is 6.92 Å². The van der Waals surface area contributed by atoms with Crippen LogP contribution in [0.4, 0.5) is 5.13 Å². The van der Waals surface area contributed by atoms with Crippen molar-refractivity contribution >= 4 is 34.3 Å². The van der Waals surface area contributed by atoms with Gasteiger partial charge < -0.3 is 14.2 Å². The second-order valence-electron chi connectivity index (χ2n) is 7.15. The highest BCUT2D eigenvalue weighted by atomic mass is 32.1. The van der Waals surface area contributed by atoms with Crippen molar-refractivity contribution in [1.82, 2.24) is 14.8 Å². The van der Waals surface area contributed by atoms with E-state index in [1.54, 1.807) is 45.0 Å². The van der Waals surface area contributed by atoms with Gasteiger partial charge in [-0.1, -0.05) is 29.0 Å². The molecule has 2 heterocycles. The zero-order valence-corrected chi connectivity index (χ0v) is 20.4. The first-order valence-corrected chi connectivity index (χ1v) is 11.5. The summed E-state index contributed by atoms with van der Waals surface area (Å²) in [4.78, 5) is 53.9. The van der Waals surface area contributed by atoms with E-state index in [9.17, 15) is 19.2 Å². The average Bonchev–Trinajstić information content (AvgIpc) is 3.18. The smallest absolute Gasteiger partial charge is 0.362 e. The molecular weight excluding hydrogens is 476 g/mol. The average molecular weight is 501 g/mol. The molecular formula is C23H24N4O7S. The van der Waals surface area contributed by atoms with Gasteiger partial charge in [0, 0.05) is 0 Å². The maximum absolute atomic E-state index is 12.7. The molecule has 11 nitrogen and oxygen atoms in total. The van der Waals surface area contributed by atoms with E-state index >= 15 is 0 Å². The number of esters is 2. The molecule has 3 rings (SSSR count). The largest absolute Gasteiger partial charge is 0.481 e. The molecule has 1 N–H and O–H groups in total. The van der Waals surface area contributed by atoms with Gasteiger partial charge in [0.05, 0.1) is 30.7 Å². The Bertz CT molecular complexity index is 1300. The molecule has 0 aliphatic rings. The van der Waals surface area contributed by atoms with Gasteiger partial charge in [-0.25, -0.2) is 14.6 Å². The van der Waals surface area contributed by atoms with Crippen molar-refractivity contribution in [2.75, 3.05) is 25.1 Å². The molecule has 3 aromatic rings. The summed E-state index contributed by atoms with van der Waals surface area (Å²) < 4.78 is 16.5. The lowest BCUT2D eigenvalue weighted by molar-refractivity contribution is -0.118. The fourth-order valence-electron chi connectivity index (χ4n) is 2.90. The third-order valence-corrected chi connectivity index (χ3v) is 5.56. The van der Waals surface area contributed by atoms with Gasteiger partial charge in [-0.3, -0.25) is 14.9 Å². The lowest BCUT2D eigenvalue weighted by atomic mass is 10.2. The number of nitrogens with zero attached hydrogens (tertiary/aromatic N) is 3. The molecule has 1 amide bonds. The standard InChI is InChI=1S/C23H24N4O7S/c1-5-32-21(30)19-16(11-18(29)27(26-19)15-9-7-13(3)8-10-15)34-12-17(28)25-23-24-14(4)20(35-23)22(31)33-6-2/h7-11H,5-6,12H2,1-4H3,(H,24,25,28). The summed E-state index contributed by atoms with van der Waals surface area (Å²) >= 11 is 0.962. The molecule has 0 atom stereocenters. The third kappa shape index (κ3) is 6.29. The molecule has 1 aromatic carbocycles. The summed E-state index contributed by atoms with van der Waals surface area (Å²) in [6, 6.07) is 8.05. The number of rotatable bonds is 9. The summed E-state index contributed by atoms with van der Waals surface area (Å²) in [7, 11) is 0. The maximum Gasteiger partial charge on any atom is 0.362 e. The second kappa shape index (κ2) is 11.4. The number of nitrogens with one attached hydrogen (secondary N) is 1. The van der Waals surface area contributed by atoms with E-state index in [1.165, 1.54) is 0 Å². The van der Waals surface area contributed by atoms with Crippen molar-refractivity contribution in [2.45, 2.75) is 27.7 Å². The number of carbonyl (C=O) groups is 3. The fourth-order valence-corrected chi connectivity index (χ4v) is 3.77. The van der Waals surface area contributed by atoms with Crippen molar-refractivity contribution in [2.24, 2.45) is 0 Å². The molecule has 2 aromatic heterocycles. The topological polar surface area (TPSA) is 139 Å². The summed E-state index contributed by atoms with van der Waals surface area (Å²) in [5.41, 5.74) is 1.04. The number of amides is 1. The first-order chi connectivity index (χ1) is 16.7. The Hall–Kier alpha value is -4.06. The van der Waals surface area contributed by atoms with Crippen molar-refractivity contribution in [3.8, 4) is 11.4 Å². The van der Waals surface area contributed by atoms with Crippen LogP contribution in [-0.2, 0) is 14.3 Å². The Morgan fingerprint density at radius 1 is 1.03 bits per heavy atom. The van der Waals surface area contributed by atoms with E-state index < -0.39 is 30.0 Å². The maximum atomic E-state index is 12.7. The molecule has 0 radical (unpaired) electrons. The molecule has 35 heavy (non-hydrogen) atoms. The minimum atomic E-state index is -0.807. The van der Waals surface area contributed by atoms with Gasteiger partial charge in [0.25, 0.3) is 11.5 Å². The van der Waals surface area contributed by atoms with Crippen LogP contribution >= 0.6 is 11.3 Å². The normalized spacial score (nSPS) is 10.5. The molecule has 0 bridgehead atoms. The van der Waals surface area contributed by atoms with Crippen LogP contribution in [-0.4, -0.2) is 52.4 Å². The lowest BCUT2D eigenvalue weighted by Gasteiger charge is -2.12. The highest BCUT2D eigenvalue weighted by Gasteiger charge is 2.22. The van der Waals surface area contributed by atoms with Crippen LogP contribution in [0.3, 0.4) is 0 Å². The van der Waals surface area contributed by atoms with Gasteiger partial charge in [-0.05, 0) is 39.8 Å². The van der Waals surface area contributed by atoms with Gasteiger partial charge >= 0.3 is 11.9 Å². The van der Waals surface area contributed by atoms with Crippen molar-refractivity contribution < 1.29 is 28.6 Å². The van der Waals surface area contributed by atoms with Crippen molar-refractivity contribution in [3.63, 3.8) is 0 Å². The van der Waals surface area contributed by atoms with E-state index in [2.05, 4.69) is 15.4 Å². The van der Waals surface area contributed by atoms with Crippen LogP contribution in [0.2, 0.25) is 0 Å². The minimum Gasteiger partial charge on any atom is -0.481 e. The molecule has 0 unspecified atom stereocenters. The molecule has 184 valence electrons. The molecule has 0 aliphatic heterocycles. The zero-order chi connectivity index (χ0) is 25.5. The number of aryl methyl sites for hydroxylation is 2. The first-order valence-electron chi connectivity index (χ1n) is 10.7. The second-order valence-corrected chi connectivity index (χ2v) is 8.15. The number of benzene rings is 1. The number of carbonyl (C=O) groups excluding carboxylic acids is 3. The number of ether oxygens (including phenoxy) is 3. The summed E-state index contributed by atoms with van der Waals surface area (Å²) in [5, 5.41) is 6.81. The minimum absolute atomic E-state index is 0.0797. The number of hydrogen-bond acceptors (Lipinski definition) is 10. The van der Waals surface area contributed by atoms with Gasteiger partial charge in [-0.15, -0.1) is 0 Å². The SMILES string of the molecule is CCOC(=O)c1nn(-c2ccc(C)cc2)c(=O)cc1OCC(=O)Nc1nc(C)c(C(=O)OCC)s1. The van der Waals surface area contributed by atoms with Crippen LogP contribution in [0.5, 0.6) is 5.75 Å². The van der Waals surface area contributed by atoms with Gasteiger partial charge in [0.1, 0.15) is 4.88 Å². The Balaban J connectivity index is 1.79. The first kappa shape index (κ1) is 25.6. The summed E-state index contributed by atoms with van der Waals surface area (Å²) in [6.45, 7) is 6.58.